The van der Waals surface area contributed by atoms with Gasteiger partial charge in [-0.1, -0.05) is 66.7 Å². The fourth-order valence-corrected chi connectivity index (χ4v) is 6.10. The normalized spacial score (nSPS) is 15.6. The largest absolute Gasteiger partial charge is 0.381 e. The van der Waals surface area contributed by atoms with Crippen molar-refractivity contribution in [1.29, 1.82) is 0 Å². The standard InChI is InChI=1S/C35H32N2O6S2/c1-24-19-29(13-17-33(24)36-22-26-7-4-3-5-8-26)35(28-11-15-31(16-12-28)44(38,39)40)30-14-18-34(25(2)20-30)37-23-27-9-6-10-32(21-27)45(41,42)43/h3-21,36H,22-23H2,1-2H3,(H,38,39,40)(H,41,42,43). The van der Waals surface area contributed by atoms with E-state index in [1.54, 1.807) is 24.3 Å². The molecule has 0 saturated heterocycles. The van der Waals surface area contributed by atoms with E-state index in [1.807, 2.05) is 62.4 Å². The molecule has 1 aliphatic carbocycles. The van der Waals surface area contributed by atoms with Gasteiger partial charge in [0.1, 0.15) is 0 Å². The molecule has 0 atom stereocenters. The lowest BCUT2D eigenvalue weighted by Gasteiger charge is -2.18. The summed E-state index contributed by atoms with van der Waals surface area (Å²) in [6.07, 6.45) is 5.81. The highest BCUT2D eigenvalue weighted by molar-refractivity contribution is 7.86. The average Bonchev–Trinajstić information content (AvgIpc) is 3.00. The Morgan fingerprint density at radius 2 is 1.38 bits per heavy atom. The third-order valence-electron chi connectivity index (χ3n) is 7.40. The van der Waals surface area contributed by atoms with Crippen LogP contribution in [0.1, 0.15) is 34.7 Å². The Hall–Kier alpha value is -4.61. The zero-order valence-electron chi connectivity index (χ0n) is 24.7. The van der Waals surface area contributed by atoms with Gasteiger partial charge in [0.25, 0.3) is 20.2 Å². The zero-order valence-corrected chi connectivity index (χ0v) is 26.3. The van der Waals surface area contributed by atoms with E-state index in [1.165, 1.54) is 29.8 Å². The first-order valence-electron chi connectivity index (χ1n) is 14.1. The lowest BCUT2D eigenvalue weighted by molar-refractivity contribution is 0.481. The van der Waals surface area contributed by atoms with Crippen LogP contribution in [0.2, 0.25) is 0 Å². The van der Waals surface area contributed by atoms with Crippen molar-refractivity contribution < 1.29 is 25.9 Å². The fourth-order valence-electron chi connectivity index (χ4n) is 5.07. The summed E-state index contributed by atoms with van der Waals surface area (Å²) in [5, 5.41) is 3.49. The van der Waals surface area contributed by atoms with Gasteiger partial charge in [-0.15, -0.1) is 0 Å². The van der Waals surface area contributed by atoms with Crippen LogP contribution in [0.15, 0.2) is 141 Å². The molecule has 8 nitrogen and oxygen atoms in total. The quantitative estimate of drug-likeness (QED) is 0.167. The third-order valence-corrected chi connectivity index (χ3v) is 9.11. The first-order chi connectivity index (χ1) is 21.4. The number of hydrogen-bond acceptors (Lipinski definition) is 6. The number of hydrogen-bond donors (Lipinski definition) is 3. The summed E-state index contributed by atoms with van der Waals surface area (Å²) in [5.41, 5.74) is 8.85. The van der Waals surface area contributed by atoms with E-state index in [0.717, 1.165) is 39.1 Å². The van der Waals surface area contributed by atoms with E-state index in [4.69, 9.17) is 0 Å². The Labute approximate surface area is 263 Å². The van der Waals surface area contributed by atoms with Crippen LogP contribution in [-0.4, -0.2) is 31.7 Å². The molecule has 45 heavy (non-hydrogen) atoms. The summed E-state index contributed by atoms with van der Waals surface area (Å²) in [5.74, 6) is 0. The van der Waals surface area contributed by atoms with Crippen molar-refractivity contribution in [1.82, 2.24) is 0 Å². The van der Waals surface area contributed by atoms with Crippen LogP contribution >= 0.6 is 0 Å². The van der Waals surface area contributed by atoms with Crippen LogP contribution in [0.4, 0.5) is 5.69 Å². The molecule has 0 aromatic heterocycles. The molecular weight excluding hydrogens is 609 g/mol. The fraction of sp³-hybridized carbons (Fsp3) is 0.114. The molecular formula is C35H32N2O6S2. The molecule has 3 N–H and O–H groups in total. The van der Waals surface area contributed by atoms with Crippen molar-refractivity contribution in [3.05, 3.63) is 154 Å². The van der Waals surface area contributed by atoms with Crippen LogP contribution in [0.5, 0.6) is 0 Å². The van der Waals surface area contributed by atoms with Crippen molar-refractivity contribution in [3.8, 4) is 0 Å². The molecule has 10 heteroatoms. The van der Waals surface area contributed by atoms with Gasteiger partial charge in [0.15, 0.2) is 0 Å². The Morgan fingerprint density at radius 3 is 2.02 bits per heavy atom. The van der Waals surface area contributed by atoms with E-state index >= 15 is 0 Å². The molecule has 0 amide bonds. The number of anilines is 1. The highest BCUT2D eigenvalue weighted by Gasteiger charge is 2.17. The molecule has 0 bridgehead atoms. The second-order valence-corrected chi connectivity index (χ2v) is 13.5. The summed E-state index contributed by atoms with van der Waals surface area (Å²) in [6, 6.07) is 28.4. The van der Waals surface area contributed by atoms with E-state index in [9.17, 15) is 25.9 Å². The zero-order chi connectivity index (χ0) is 32.2. The SMILES string of the molecule is CC1=CC(=C(c2ccc(S(=O)(=O)O)cc2)c2ccc(NCc3ccccc3)c(C)c2)C=CC1=NCc1cccc(S(=O)(=O)O)c1. The highest BCUT2D eigenvalue weighted by atomic mass is 32.2. The molecule has 230 valence electrons. The van der Waals surface area contributed by atoms with Crippen molar-refractivity contribution in [3.63, 3.8) is 0 Å². The number of nitrogens with one attached hydrogen (secondary N) is 1. The predicted octanol–water partition coefficient (Wildman–Crippen LogP) is 7.06. The maximum atomic E-state index is 11.7. The van der Waals surface area contributed by atoms with Crippen molar-refractivity contribution in [2.75, 3.05) is 5.32 Å². The minimum absolute atomic E-state index is 0.182. The summed E-state index contributed by atoms with van der Waals surface area (Å²) in [6.45, 7) is 4.85. The number of benzene rings is 4. The molecule has 0 unspecified atom stereocenters. The molecule has 0 aliphatic heterocycles. The Kier molecular flexibility index (Phi) is 9.31. The molecule has 4 aromatic carbocycles. The van der Waals surface area contributed by atoms with Gasteiger partial charge in [-0.3, -0.25) is 14.1 Å². The number of aliphatic imine (C=N–C) groups is 1. The van der Waals surface area contributed by atoms with E-state index in [-0.39, 0.29) is 16.3 Å². The summed E-state index contributed by atoms with van der Waals surface area (Å²) in [7, 11) is -8.66. The van der Waals surface area contributed by atoms with Gasteiger partial charge in [-0.25, -0.2) is 0 Å². The molecule has 1 aliphatic rings. The molecule has 0 saturated carbocycles. The first-order valence-corrected chi connectivity index (χ1v) is 17.0. The monoisotopic (exact) mass is 640 g/mol. The Balaban J connectivity index is 1.50. The average molecular weight is 641 g/mol. The minimum atomic E-state index is -4.35. The minimum Gasteiger partial charge on any atom is -0.381 e. The Morgan fingerprint density at radius 1 is 0.711 bits per heavy atom. The van der Waals surface area contributed by atoms with Crippen molar-refractivity contribution in [2.24, 2.45) is 4.99 Å². The topological polar surface area (TPSA) is 133 Å². The van der Waals surface area contributed by atoms with E-state index in [2.05, 4.69) is 28.5 Å². The van der Waals surface area contributed by atoms with Gasteiger partial charge in [-0.05, 0) is 107 Å². The summed E-state index contributed by atoms with van der Waals surface area (Å²) >= 11 is 0. The van der Waals surface area contributed by atoms with E-state index in [0.29, 0.717) is 17.8 Å². The number of rotatable bonds is 9. The Bertz CT molecular complexity index is 2080. The lowest BCUT2D eigenvalue weighted by Crippen LogP contribution is -2.05. The molecule has 0 radical (unpaired) electrons. The lowest BCUT2D eigenvalue weighted by atomic mass is 9.88. The van der Waals surface area contributed by atoms with Gasteiger partial charge in [0, 0.05) is 12.2 Å². The molecule has 5 rings (SSSR count). The summed E-state index contributed by atoms with van der Waals surface area (Å²) in [4.78, 5) is 4.29. The van der Waals surface area contributed by atoms with Crippen LogP contribution < -0.4 is 5.32 Å². The van der Waals surface area contributed by atoms with E-state index < -0.39 is 20.2 Å². The third kappa shape index (κ3) is 7.92. The number of aryl methyl sites for hydroxylation is 1. The highest BCUT2D eigenvalue weighted by Crippen LogP contribution is 2.33. The van der Waals surface area contributed by atoms with Crippen LogP contribution in [0.25, 0.3) is 5.57 Å². The molecule has 0 fully saturated rings. The van der Waals surface area contributed by atoms with Crippen molar-refractivity contribution >= 4 is 37.2 Å². The van der Waals surface area contributed by atoms with Crippen molar-refractivity contribution in [2.45, 2.75) is 36.7 Å². The smallest absolute Gasteiger partial charge is 0.294 e. The number of nitrogens with zero attached hydrogens (tertiary/aromatic N) is 1. The maximum Gasteiger partial charge on any atom is 0.294 e. The summed E-state index contributed by atoms with van der Waals surface area (Å²) < 4.78 is 65.3. The van der Waals surface area contributed by atoms with Crippen LogP contribution in [0, 0.1) is 6.92 Å². The van der Waals surface area contributed by atoms with Gasteiger partial charge in [-0.2, -0.15) is 16.8 Å². The van der Waals surface area contributed by atoms with Crippen LogP contribution in [-0.2, 0) is 33.3 Å². The molecule has 4 aromatic rings. The molecule has 0 spiro atoms. The van der Waals surface area contributed by atoms with Gasteiger partial charge < -0.3 is 5.32 Å². The number of allylic oxidation sites excluding steroid dienone is 5. The second kappa shape index (κ2) is 13.2. The predicted molar refractivity (Wildman–Crippen MR) is 178 cm³/mol. The first kappa shape index (κ1) is 31.8. The van der Waals surface area contributed by atoms with Gasteiger partial charge in [0.05, 0.1) is 22.0 Å². The van der Waals surface area contributed by atoms with Crippen LogP contribution in [0.3, 0.4) is 0 Å². The van der Waals surface area contributed by atoms with Gasteiger partial charge >= 0.3 is 0 Å². The second-order valence-electron chi connectivity index (χ2n) is 10.7. The molecule has 0 heterocycles. The van der Waals surface area contributed by atoms with Gasteiger partial charge in [0.2, 0.25) is 0 Å². The maximum absolute atomic E-state index is 11.7.